The first kappa shape index (κ1) is 17.6. The van der Waals surface area contributed by atoms with Gasteiger partial charge in [0.05, 0.1) is 12.9 Å². The lowest BCUT2D eigenvalue weighted by Crippen LogP contribution is -2.33. The average Bonchev–Trinajstić information content (AvgIpc) is 3.22. The SMILES string of the molecule is Nc1cccc(CNc2ncnc3c2ncn3[C@@H]2O[C@H](CO)[C@@H](O)[C@H]2O)c1. The Kier molecular flexibility index (Phi) is 4.62. The molecule has 27 heavy (non-hydrogen) atoms. The molecule has 6 N–H and O–H groups in total. The van der Waals surface area contributed by atoms with Gasteiger partial charge in [-0.2, -0.15) is 0 Å². The molecule has 1 fully saturated rings. The van der Waals surface area contributed by atoms with Crippen molar-refractivity contribution >= 4 is 22.7 Å². The molecule has 0 unspecified atom stereocenters. The molecule has 0 saturated carbocycles. The Morgan fingerprint density at radius 3 is 2.78 bits per heavy atom. The van der Waals surface area contributed by atoms with Crippen LogP contribution in [-0.2, 0) is 11.3 Å². The third-order valence-corrected chi connectivity index (χ3v) is 4.56. The molecule has 3 heterocycles. The fourth-order valence-corrected chi connectivity index (χ4v) is 3.17. The number of imidazole rings is 1. The van der Waals surface area contributed by atoms with Gasteiger partial charge >= 0.3 is 0 Å². The Bertz CT molecular complexity index is 948. The summed E-state index contributed by atoms with van der Waals surface area (Å²) in [6, 6.07) is 7.50. The van der Waals surface area contributed by atoms with E-state index in [2.05, 4.69) is 20.3 Å². The predicted molar refractivity (Wildman–Crippen MR) is 96.5 cm³/mol. The third kappa shape index (κ3) is 3.19. The van der Waals surface area contributed by atoms with Crippen molar-refractivity contribution in [1.82, 2.24) is 19.5 Å². The van der Waals surface area contributed by atoms with E-state index in [0.29, 0.717) is 29.2 Å². The Balaban J connectivity index is 1.60. The van der Waals surface area contributed by atoms with E-state index in [1.165, 1.54) is 17.2 Å². The minimum atomic E-state index is -1.21. The molecule has 0 radical (unpaired) electrons. The number of anilines is 2. The van der Waals surface area contributed by atoms with E-state index in [1.54, 1.807) is 0 Å². The van der Waals surface area contributed by atoms with Gasteiger partial charge in [0.15, 0.2) is 23.2 Å². The largest absolute Gasteiger partial charge is 0.399 e. The molecule has 1 aromatic carbocycles. The van der Waals surface area contributed by atoms with E-state index in [0.717, 1.165) is 5.56 Å². The van der Waals surface area contributed by atoms with Gasteiger partial charge in [-0.3, -0.25) is 4.57 Å². The number of aliphatic hydroxyl groups is 3. The van der Waals surface area contributed by atoms with Gasteiger partial charge in [-0.1, -0.05) is 12.1 Å². The van der Waals surface area contributed by atoms with Crippen LogP contribution in [0.5, 0.6) is 0 Å². The highest BCUT2D eigenvalue weighted by atomic mass is 16.6. The maximum Gasteiger partial charge on any atom is 0.167 e. The Hall–Kier alpha value is -2.79. The predicted octanol–water partition coefficient (Wildman–Crippen LogP) is -0.368. The number of ether oxygens (including phenoxy) is 1. The van der Waals surface area contributed by atoms with Crippen molar-refractivity contribution in [3.8, 4) is 0 Å². The van der Waals surface area contributed by atoms with Crippen LogP contribution >= 0.6 is 0 Å². The van der Waals surface area contributed by atoms with Crippen LogP contribution in [0.25, 0.3) is 11.2 Å². The van der Waals surface area contributed by atoms with Crippen LogP contribution in [0.15, 0.2) is 36.9 Å². The highest BCUT2D eigenvalue weighted by Crippen LogP contribution is 2.32. The Morgan fingerprint density at radius 2 is 2.04 bits per heavy atom. The van der Waals surface area contributed by atoms with E-state index in [9.17, 15) is 15.3 Å². The molecule has 10 heteroatoms. The summed E-state index contributed by atoms with van der Waals surface area (Å²) in [5.74, 6) is 0.521. The Labute approximate surface area is 154 Å². The first-order chi connectivity index (χ1) is 13.1. The lowest BCUT2D eigenvalue weighted by atomic mass is 10.1. The van der Waals surface area contributed by atoms with Crippen molar-refractivity contribution in [3.63, 3.8) is 0 Å². The molecule has 4 atom stereocenters. The smallest absolute Gasteiger partial charge is 0.167 e. The second-order valence-corrected chi connectivity index (χ2v) is 6.37. The van der Waals surface area contributed by atoms with Crippen LogP contribution in [0.3, 0.4) is 0 Å². The summed E-state index contributed by atoms with van der Waals surface area (Å²) in [5, 5.41) is 32.7. The minimum absolute atomic E-state index is 0.399. The van der Waals surface area contributed by atoms with Crippen LogP contribution in [-0.4, -0.2) is 59.8 Å². The van der Waals surface area contributed by atoms with E-state index in [4.69, 9.17) is 10.5 Å². The van der Waals surface area contributed by atoms with Gasteiger partial charge < -0.3 is 31.1 Å². The lowest BCUT2D eigenvalue weighted by molar-refractivity contribution is -0.0511. The van der Waals surface area contributed by atoms with Crippen LogP contribution in [0.4, 0.5) is 11.5 Å². The van der Waals surface area contributed by atoms with Gasteiger partial charge in [0, 0.05) is 12.2 Å². The first-order valence-corrected chi connectivity index (χ1v) is 8.46. The second-order valence-electron chi connectivity index (χ2n) is 6.37. The number of hydrogen-bond acceptors (Lipinski definition) is 9. The molecule has 1 saturated heterocycles. The standard InChI is InChI=1S/C17H20N6O4/c18-10-3-1-2-9(4-10)5-19-15-12-16(21-7-20-15)23(8-22-12)17-14(26)13(25)11(6-24)27-17/h1-4,7-8,11,13-14,17,24-26H,5-6,18H2,(H,19,20,21)/t11-,13-,14-,17-/m1/s1. The zero-order chi connectivity index (χ0) is 19.0. The summed E-state index contributed by atoms with van der Waals surface area (Å²) in [6.07, 6.45) is -1.34. The number of nitrogen functional groups attached to an aromatic ring is 1. The fourth-order valence-electron chi connectivity index (χ4n) is 3.17. The highest BCUT2D eigenvalue weighted by Gasteiger charge is 2.44. The molecule has 0 bridgehead atoms. The third-order valence-electron chi connectivity index (χ3n) is 4.56. The quantitative estimate of drug-likeness (QED) is 0.378. The van der Waals surface area contributed by atoms with Crippen LogP contribution < -0.4 is 11.1 Å². The topological polar surface area (TPSA) is 152 Å². The minimum Gasteiger partial charge on any atom is -0.399 e. The van der Waals surface area contributed by atoms with Gasteiger partial charge in [-0.15, -0.1) is 0 Å². The molecule has 4 rings (SSSR count). The number of rotatable bonds is 5. The molecular formula is C17H20N6O4. The molecule has 3 aromatic rings. The molecule has 1 aliphatic rings. The zero-order valence-electron chi connectivity index (χ0n) is 14.3. The summed E-state index contributed by atoms with van der Waals surface area (Å²) in [5.41, 5.74) is 8.40. The molecule has 142 valence electrons. The highest BCUT2D eigenvalue weighted by molar-refractivity contribution is 5.82. The normalized spacial score (nSPS) is 25.1. The molecule has 10 nitrogen and oxygen atoms in total. The summed E-state index contributed by atoms with van der Waals surface area (Å²) >= 11 is 0. The van der Waals surface area contributed by atoms with Crippen molar-refractivity contribution in [2.75, 3.05) is 17.7 Å². The van der Waals surface area contributed by atoms with Crippen molar-refractivity contribution in [3.05, 3.63) is 42.5 Å². The molecule has 0 amide bonds. The van der Waals surface area contributed by atoms with Gasteiger partial charge in [0.1, 0.15) is 24.6 Å². The summed E-state index contributed by atoms with van der Waals surface area (Å²) in [6.45, 7) is 0.0984. The van der Waals surface area contributed by atoms with Crippen LogP contribution in [0.1, 0.15) is 11.8 Å². The van der Waals surface area contributed by atoms with E-state index in [1.807, 2.05) is 24.3 Å². The van der Waals surface area contributed by atoms with Gasteiger partial charge in [-0.05, 0) is 17.7 Å². The number of benzene rings is 1. The van der Waals surface area contributed by atoms with Gasteiger partial charge in [-0.25, -0.2) is 15.0 Å². The summed E-state index contributed by atoms with van der Waals surface area (Å²) < 4.78 is 7.07. The van der Waals surface area contributed by atoms with Crippen molar-refractivity contribution < 1.29 is 20.1 Å². The molecule has 2 aromatic heterocycles. The number of fused-ring (bicyclic) bond motifs is 1. The maximum atomic E-state index is 10.2. The van der Waals surface area contributed by atoms with Gasteiger partial charge in [0.2, 0.25) is 0 Å². The van der Waals surface area contributed by atoms with Crippen LogP contribution in [0.2, 0.25) is 0 Å². The van der Waals surface area contributed by atoms with Crippen molar-refractivity contribution in [2.45, 2.75) is 31.1 Å². The average molecular weight is 372 g/mol. The maximum absolute atomic E-state index is 10.2. The summed E-state index contributed by atoms with van der Waals surface area (Å²) in [4.78, 5) is 12.8. The van der Waals surface area contributed by atoms with Gasteiger partial charge in [0.25, 0.3) is 0 Å². The molecule has 1 aliphatic heterocycles. The monoisotopic (exact) mass is 372 g/mol. The number of hydrogen-bond donors (Lipinski definition) is 5. The number of nitrogens with zero attached hydrogens (tertiary/aromatic N) is 4. The Morgan fingerprint density at radius 1 is 1.19 bits per heavy atom. The molecule has 0 aliphatic carbocycles. The van der Waals surface area contributed by atoms with Crippen molar-refractivity contribution in [1.29, 1.82) is 0 Å². The number of nitrogens with one attached hydrogen (secondary N) is 1. The summed E-state index contributed by atoms with van der Waals surface area (Å²) in [7, 11) is 0. The molecular weight excluding hydrogens is 352 g/mol. The number of aliphatic hydroxyl groups excluding tert-OH is 3. The second kappa shape index (κ2) is 7.08. The number of aromatic nitrogens is 4. The zero-order valence-corrected chi connectivity index (χ0v) is 14.3. The van der Waals surface area contributed by atoms with E-state index < -0.39 is 31.1 Å². The van der Waals surface area contributed by atoms with E-state index in [-0.39, 0.29) is 0 Å². The number of nitrogens with two attached hydrogens (primary N) is 1. The fraction of sp³-hybridized carbons (Fsp3) is 0.353. The first-order valence-electron chi connectivity index (χ1n) is 8.46. The van der Waals surface area contributed by atoms with Crippen molar-refractivity contribution in [2.24, 2.45) is 0 Å². The lowest BCUT2D eigenvalue weighted by Gasteiger charge is -2.16. The molecule has 0 spiro atoms. The van der Waals surface area contributed by atoms with Crippen LogP contribution in [0, 0.1) is 0 Å². The van der Waals surface area contributed by atoms with E-state index >= 15 is 0 Å².